The van der Waals surface area contributed by atoms with Gasteiger partial charge in [-0.2, -0.15) is 0 Å². The smallest absolute Gasteiger partial charge is 0.340 e. The van der Waals surface area contributed by atoms with Gasteiger partial charge in [-0.25, -0.2) is 4.79 Å². The number of hydrogen-bond acceptors (Lipinski definition) is 6. The minimum absolute atomic E-state index is 0.00930. The van der Waals surface area contributed by atoms with E-state index in [2.05, 4.69) is 0 Å². The van der Waals surface area contributed by atoms with E-state index in [1.807, 2.05) is 0 Å². The van der Waals surface area contributed by atoms with Gasteiger partial charge >= 0.3 is 5.97 Å². The number of ether oxygens (including phenoxy) is 1. The first-order chi connectivity index (χ1) is 9.72. The van der Waals surface area contributed by atoms with Crippen LogP contribution in [0.4, 0.5) is 5.69 Å². The van der Waals surface area contributed by atoms with E-state index >= 15 is 0 Å². The Labute approximate surface area is 122 Å². The van der Waals surface area contributed by atoms with Crippen molar-refractivity contribution in [2.75, 3.05) is 12.3 Å². The van der Waals surface area contributed by atoms with Crippen LogP contribution >= 0.6 is 0 Å². The van der Waals surface area contributed by atoms with Crippen molar-refractivity contribution in [3.8, 4) is 0 Å². The van der Waals surface area contributed by atoms with Crippen molar-refractivity contribution < 1.29 is 23.9 Å². The van der Waals surface area contributed by atoms with E-state index in [-0.39, 0.29) is 34.5 Å². The molecule has 0 aliphatic rings. The summed E-state index contributed by atoms with van der Waals surface area (Å²) < 4.78 is 4.85. The number of Topliss-reactive ketones (excluding diaryl/α,β-unsaturated/α-hetero) is 3. The monoisotopic (exact) mass is 291 g/mol. The summed E-state index contributed by atoms with van der Waals surface area (Å²) in [6.45, 7) is 5.44. The Bertz CT molecular complexity index is 646. The zero-order valence-corrected chi connectivity index (χ0v) is 12.4. The van der Waals surface area contributed by atoms with Crippen molar-refractivity contribution in [1.29, 1.82) is 0 Å². The van der Waals surface area contributed by atoms with Crippen molar-refractivity contribution in [3.05, 3.63) is 28.3 Å². The van der Waals surface area contributed by atoms with Crippen LogP contribution in [0.1, 0.15) is 69.1 Å². The maximum atomic E-state index is 11.9. The predicted molar refractivity (Wildman–Crippen MR) is 76.8 cm³/mol. The largest absolute Gasteiger partial charge is 0.462 e. The summed E-state index contributed by atoms with van der Waals surface area (Å²) >= 11 is 0. The van der Waals surface area contributed by atoms with Crippen LogP contribution in [-0.4, -0.2) is 29.9 Å². The summed E-state index contributed by atoms with van der Waals surface area (Å²) in [5, 5.41) is 0. The number of carbonyl (C=O) groups excluding carboxylic acids is 4. The minimum atomic E-state index is -0.741. The first-order valence-corrected chi connectivity index (χ1v) is 6.38. The summed E-state index contributed by atoms with van der Waals surface area (Å²) in [5.74, 6) is -2.14. The molecule has 0 fully saturated rings. The standard InChI is InChI=1S/C15H17NO5/c1-5-21-15(20)11-6-10(7(2)17)12(8(3)18)13(9(4)19)14(11)16/h6H,5,16H2,1-4H3. The molecule has 0 bridgehead atoms. The Morgan fingerprint density at radius 2 is 1.48 bits per heavy atom. The highest BCUT2D eigenvalue weighted by Gasteiger charge is 2.26. The van der Waals surface area contributed by atoms with Gasteiger partial charge < -0.3 is 10.5 Å². The number of hydrogen-bond donors (Lipinski definition) is 1. The van der Waals surface area contributed by atoms with E-state index in [4.69, 9.17) is 10.5 Å². The van der Waals surface area contributed by atoms with Crippen molar-refractivity contribution >= 4 is 29.0 Å². The second-order valence-corrected chi connectivity index (χ2v) is 4.52. The fourth-order valence-corrected chi connectivity index (χ4v) is 2.09. The maximum Gasteiger partial charge on any atom is 0.340 e. The third kappa shape index (κ3) is 3.16. The lowest BCUT2D eigenvalue weighted by atomic mass is 9.89. The molecule has 1 aromatic rings. The number of rotatable bonds is 5. The average Bonchev–Trinajstić information content (AvgIpc) is 2.36. The molecule has 2 N–H and O–H groups in total. The first kappa shape index (κ1) is 16.6. The molecule has 0 atom stereocenters. The molecule has 0 saturated carbocycles. The SMILES string of the molecule is CCOC(=O)c1cc(C(C)=O)c(C(C)=O)c(C(C)=O)c1N. The molecule has 0 aliphatic carbocycles. The number of nitrogens with two attached hydrogens (primary N) is 1. The number of nitrogen functional groups attached to an aromatic ring is 1. The van der Waals surface area contributed by atoms with Gasteiger partial charge in [0.25, 0.3) is 0 Å². The molecular weight excluding hydrogens is 274 g/mol. The molecule has 0 amide bonds. The fraction of sp³-hybridized carbons (Fsp3) is 0.333. The van der Waals surface area contributed by atoms with Crippen LogP contribution in [0.15, 0.2) is 6.07 Å². The molecule has 0 spiro atoms. The summed E-state index contributed by atoms with van der Waals surface area (Å²) in [6.07, 6.45) is 0. The predicted octanol–water partition coefficient (Wildman–Crippen LogP) is 2.05. The molecule has 0 heterocycles. The molecule has 0 aliphatic heterocycles. The van der Waals surface area contributed by atoms with E-state index in [1.165, 1.54) is 26.8 Å². The van der Waals surface area contributed by atoms with E-state index in [9.17, 15) is 19.2 Å². The van der Waals surface area contributed by atoms with Crippen molar-refractivity contribution in [1.82, 2.24) is 0 Å². The van der Waals surface area contributed by atoms with Crippen LogP contribution in [0.2, 0.25) is 0 Å². The second-order valence-electron chi connectivity index (χ2n) is 4.52. The Morgan fingerprint density at radius 3 is 1.86 bits per heavy atom. The van der Waals surface area contributed by atoms with Gasteiger partial charge in [-0.05, 0) is 33.8 Å². The van der Waals surface area contributed by atoms with Crippen LogP contribution < -0.4 is 5.73 Å². The molecule has 0 aromatic heterocycles. The highest BCUT2D eigenvalue weighted by molar-refractivity contribution is 6.19. The quantitative estimate of drug-likeness (QED) is 0.506. The summed E-state index contributed by atoms with van der Waals surface area (Å²) in [6, 6.07) is 1.21. The Morgan fingerprint density at radius 1 is 0.952 bits per heavy atom. The van der Waals surface area contributed by atoms with Gasteiger partial charge in [0.1, 0.15) is 0 Å². The number of esters is 1. The van der Waals surface area contributed by atoms with E-state index in [1.54, 1.807) is 6.92 Å². The van der Waals surface area contributed by atoms with Gasteiger partial charge in [0, 0.05) is 11.1 Å². The maximum absolute atomic E-state index is 11.9. The molecule has 1 rings (SSSR count). The summed E-state index contributed by atoms with van der Waals surface area (Å²) in [7, 11) is 0. The van der Waals surface area contributed by atoms with Crippen molar-refractivity contribution in [2.24, 2.45) is 0 Å². The minimum Gasteiger partial charge on any atom is -0.462 e. The lowest BCUT2D eigenvalue weighted by Crippen LogP contribution is -2.18. The van der Waals surface area contributed by atoms with Crippen LogP contribution in [0.5, 0.6) is 0 Å². The lowest BCUT2D eigenvalue weighted by molar-refractivity contribution is 0.0527. The fourth-order valence-electron chi connectivity index (χ4n) is 2.09. The van der Waals surface area contributed by atoms with Gasteiger partial charge in [0.15, 0.2) is 17.3 Å². The highest BCUT2D eigenvalue weighted by Crippen LogP contribution is 2.28. The number of carbonyl (C=O) groups is 4. The van der Waals surface area contributed by atoms with Crippen LogP contribution in [-0.2, 0) is 4.74 Å². The Hall–Kier alpha value is -2.50. The van der Waals surface area contributed by atoms with Crippen LogP contribution in [0.25, 0.3) is 0 Å². The molecule has 6 heteroatoms. The highest BCUT2D eigenvalue weighted by atomic mass is 16.5. The Balaban J connectivity index is 3.81. The van der Waals surface area contributed by atoms with E-state index < -0.39 is 23.3 Å². The number of anilines is 1. The molecule has 112 valence electrons. The number of benzene rings is 1. The third-order valence-corrected chi connectivity index (χ3v) is 2.95. The molecular formula is C15H17NO5. The van der Waals surface area contributed by atoms with Gasteiger partial charge in [-0.3, -0.25) is 14.4 Å². The zero-order valence-electron chi connectivity index (χ0n) is 12.4. The molecule has 21 heavy (non-hydrogen) atoms. The van der Waals surface area contributed by atoms with Crippen LogP contribution in [0, 0.1) is 0 Å². The molecule has 0 unspecified atom stereocenters. The second kappa shape index (κ2) is 6.30. The molecule has 0 saturated heterocycles. The van der Waals surface area contributed by atoms with Gasteiger partial charge in [-0.1, -0.05) is 0 Å². The third-order valence-electron chi connectivity index (χ3n) is 2.95. The lowest BCUT2D eigenvalue weighted by Gasteiger charge is -2.15. The Kier molecular flexibility index (Phi) is 4.97. The normalized spacial score (nSPS) is 10.1. The first-order valence-electron chi connectivity index (χ1n) is 6.38. The topological polar surface area (TPSA) is 104 Å². The van der Waals surface area contributed by atoms with Gasteiger partial charge in [0.2, 0.25) is 0 Å². The molecule has 0 radical (unpaired) electrons. The van der Waals surface area contributed by atoms with Gasteiger partial charge in [-0.15, -0.1) is 0 Å². The van der Waals surface area contributed by atoms with Crippen molar-refractivity contribution in [2.45, 2.75) is 27.7 Å². The average molecular weight is 291 g/mol. The summed E-state index contributed by atoms with van der Waals surface area (Å²) in [5.41, 5.74) is 5.43. The van der Waals surface area contributed by atoms with Gasteiger partial charge in [0.05, 0.1) is 23.4 Å². The van der Waals surface area contributed by atoms with E-state index in [0.717, 1.165) is 0 Å². The number of ketones is 3. The zero-order chi connectivity index (χ0) is 16.3. The van der Waals surface area contributed by atoms with E-state index in [0.29, 0.717) is 0 Å². The van der Waals surface area contributed by atoms with Crippen LogP contribution in [0.3, 0.4) is 0 Å². The molecule has 6 nitrogen and oxygen atoms in total. The molecule has 1 aromatic carbocycles. The van der Waals surface area contributed by atoms with Crippen molar-refractivity contribution in [3.63, 3.8) is 0 Å². The summed E-state index contributed by atoms with van der Waals surface area (Å²) in [4.78, 5) is 47.2.